The van der Waals surface area contributed by atoms with E-state index in [1.165, 1.54) is 13.2 Å². The van der Waals surface area contributed by atoms with Crippen LogP contribution in [-0.4, -0.2) is 25.3 Å². The summed E-state index contributed by atoms with van der Waals surface area (Å²) in [5.74, 6) is -0.157. The van der Waals surface area contributed by atoms with E-state index in [0.29, 0.717) is 11.3 Å². The topological polar surface area (TPSA) is 41.5 Å². The van der Waals surface area contributed by atoms with Crippen LogP contribution < -0.4 is 10.1 Å². The molecule has 3 nitrogen and oxygen atoms in total. The lowest BCUT2D eigenvalue weighted by Crippen LogP contribution is -2.27. The quantitative estimate of drug-likeness (QED) is 0.809. The molecule has 1 aromatic carbocycles. The van der Waals surface area contributed by atoms with Crippen molar-refractivity contribution in [1.29, 1.82) is 0 Å². The van der Waals surface area contributed by atoms with Gasteiger partial charge in [0.15, 0.2) is 11.6 Å². The molecule has 0 bridgehead atoms. The van der Waals surface area contributed by atoms with Gasteiger partial charge in [-0.25, -0.2) is 4.39 Å². The van der Waals surface area contributed by atoms with Crippen LogP contribution >= 0.6 is 0 Å². The summed E-state index contributed by atoms with van der Waals surface area (Å²) in [6, 6.07) is 2.99. The molecule has 0 radical (unpaired) electrons. The van der Waals surface area contributed by atoms with Crippen molar-refractivity contribution < 1.29 is 14.2 Å². The molecule has 1 aromatic rings. The maximum Gasteiger partial charge on any atom is 0.168 e. The van der Waals surface area contributed by atoms with Crippen molar-refractivity contribution in [2.24, 2.45) is 0 Å². The lowest BCUT2D eigenvalue weighted by atomic mass is 9.89. The minimum atomic E-state index is -0.507. The van der Waals surface area contributed by atoms with E-state index >= 15 is 0 Å². The van der Waals surface area contributed by atoms with Gasteiger partial charge in [-0.05, 0) is 43.5 Å². The summed E-state index contributed by atoms with van der Waals surface area (Å²) in [4.78, 5) is 0. The number of hydrogen-bond donors (Lipinski definition) is 2. The predicted molar refractivity (Wildman–Crippen MR) is 59.5 cm³/mol. The van der Waals surface area contributed by atoms with E-state index in [0.717, 1.165) is 25.9 Å². The molecule has 4 heteroatoms. The SMILES string of the molecule is COc1cc(O)c(F)c(C2CCNCC2)c1. The number of phenolic OH excluding ortho intramolecular Hbond substituents is 1. The van der Waals surface area contributed by atoms with Gasteiger partial charge in [0.05, 0.1) is 7.11 Å². The Morgan fingerprint density at radius 3 is 2.69 bits per heavy atom. The van der Waals surface area contributed by atoms with Gasteiger partial charge in [-0.3, -0.25) is 0 Å². The van der Waals surface area contributed by atoms with Crippen LogP contribution in [0.1, 0.15) is 24.3 Å². The van der Waals surface area contributed by atoms with Crippen LogP contribution in [0.4, 0.5) is 4.39 Å². The first-order chi connectivity index (χ1) is 7.72. The smallest absolute Gasteiger partial charge is 0.168 e. The number of methoxy groups -OCH3 is 1. The molecule has 88 valence electrons. The van der Waals surface area contributed by atoms with Gasteiger partial charge in [-0.15, -0.1) is 0 Å². The third kappa shape index (κ3) is 2.11. The fourth-order valence-corrected chi connectivity index (χ4v) is 2.15. The molecule has 0 amide bonds. The Morgan fingerprint density at radius 2 is 2.06 bits per heavy atom. The van der Waals surface area contributed by atoms with Gasteiger partial charge in [-0.1, -0.05) is 0 Å². The maximum atomic E-state index is 13.8. The molecule has 16 heavy (non-hydrogen) atoms. The molecule has 1 heterocycles. The summed E-state index contributed by atoms with van der Waals surface area (Å²) in [6.07, 6.45) is 1.78. The van der Waals surface area contributed by atoms with Gasteiger partial charge in [0.25, 0.3) is 0 Å². The molecular weight excluding hydrogens is 209 g/mol. The second-order valence-corrected chi connectivity index (χ2v) is 4.07. The van der Waals surface area contributed by atoms with Crippen LogP contribution in [0.15, 0.2) is 12.1 Å². The molecule has 0 spiro atoms. The Labute approximate surface area is 94.2 Å². The highest BCUT2D eigenvalue weighted by Gasteiger charge is 2.21. The molecule has 0 saturated carbocycles. The maximum absolute atomic E-state index is 13.8. The van der Waals surface area contributed by atoms with Crippen LogP contribution in [0.25, 0.3) is 0 Å². The van der Waals surface area contributed by atoms with E-state index in [9.17, 15) is 9.50 Å². The van der Waals surface area contributed by atoms with Crippen molar-refractivity contribution in [3.8, 4) is 11.5 Å². The molecule has 0 atom stereocenters. The summed E-state index contributed by atoms with van der Waals surface area (Å²) in [5, 5.41) is 12.7. The first-order valence-corrected chi connectivity index (χ1v) is 5.49. The largest absolute Gasteiger partial charge is 0.505 e. The number of benzene rings is 1. The number of phenols is 1. The van der Waals surface area contributed by atoms with Crippen molar-refractivity contribution >= 4 is 0 Å². The normalized spacial score (nSPS) is 17.4. The number of hydrogen-bond acceptors (Lipinski definition) is 3. The van der Waals surface area contributed by atoms with E-state index < -0.39 is 5.82 Å². The third-order valence-corrected chi connectivity index (χ3v) is 3.07. The highest BCUT2D eigenvalue weighted by atomic mass is 19.1. The van der Waals surface area contributed by atoms with Crippen LogP contribution in [-0.2, 0) is 0 Å². The van der Waals surface area contributed by atoms with Gasteiger partial charge >= 0.3 is 0 Å². The third-order valence-electron chi connectivity index (χ3n) is 3.07. The van der Waals surface area contributed by atoms with Crippen molar-refractivity contribution in [3.05, 3.63) is 23.5 Å². The first-order valence-electron chi connectivity index (χ1n) is 5.49. The van der Waals surface area contributed by atoms with Gasteiger partial charge in [0, 0.05) is 6.07 Å². The molecule has 1 saturated heterocycles. The average Bonchev–Trinajstić information content (AvgIpc) is 2.33. The fourth-order valence-electron chi connectivity index (χ4n) is 2.15. The van der Waals surface area contributed by atoms with Crippen LogP contribution in [0.2, 0.25) is 0 Å². The van der Waals surface area contributed by atoms with Crippen molar-refractivity contribution in [3.63, 3.8) is 0 Å². The number of piperidine rings is 1. The number of aromatic hydroxyl groups is 1. The van der Waals surface area contributed by atoms with Crippen molar-refractivity contribution in [2.75, 3.05) is 20.2 Å². The summed E-state index contributed by atoms with van der Waals surface area (Å²) >= 11 is 0. The average molecular weight is 225 g/mol. The van der Waals surface area contributed by atoms with Gasteiger partial charge < -0.3 is 15.2 Å². The minimum Gasteiger partial charge on any atom is -0.505 e. The summed E-state index contributed by atoms with van der Waals surface area (Å²) < 4.78 is 18.8. The Kier molecular flexibility index (Phi) is 3.29. The molecule has 0 aromatic heterocycles. The van der Waals surface area contributed by atoms with E-state index in [1.54, 1.807) is 6.07 Å². The van der Waals surface area contributed by atoms with Crippen molar-refractivity contribution in [1.82, 2.24) is 5.32 Å². The van der Waals surface area contributed by atoms with Crippen molar-refractivity contribution in [2.45, 2.75) is 18.8 Å². The van der Waals surface area contributed by atoms with Gasteiger partial charge in [0.1, 0.15) is 5.75 Å². The van der Waals surface area contributed by atoms with Gasteiger partial charge in [0.2, 0.25) is 0 Å². The zero-order valence-electron chi connectivity index (χ0n) is 9.29. The highest BCUT2D eigenvalue weighted by molar-refractivity contribution is 5.41. The van der Waals surface area contributed by atoms with Crippen LogP contribution in [0.5, 0.6) is 11.5 Å². The molecule has 2 N–H and O–H groups in total. The minimum absolute atomic E-state index is 0.169. The molecule has 0 unspecified atom stereocenters. The highest BCUT2D eigenvalue weighted by Crippen LogP contribution is 2.34. The Morgan fingerprint density at radius 1 is 1.38 bits per heavy atom. The molecule has 0 aliphatic carbocycles. The van der Waals surface area contributed by atoms with Gasteiger partial charge in [-0.2, -0.15) is 0 Å². The number of nitrogens with one attached hydrogen (secondary N) is 1. The Bertz CT molecular complexity index is 376. The van der Waals surface area contributed by atoms with Crippen LogP contribution in [0.3, 0.4) is 0 Å². The Balaban J connectivity index is 2.33. The Hall–Kier alpha value is -1.29. The second kappa shape index (κ2) is 4.70. The second-order valence-electron chi connectivity index (χ2n) is 4.07. The lowest BCUT2D eigenvalue weighted by molar-refractivity contribution is 0.384. The van der Waals surface area contributed by atoms with E-state index in [4.69, 9.17) is 4.74 Å². The standard InChI is InChI=1S/C12H16FNO2/c1-16-9-6-10(12(13)11(15)7-9)8-2-4-14-5-3-8/h6-8,14-15H,2-5H2,1H3. The lowest BCUT2D eigenvalue weighted by Gasteiger charge is -2.23. The molecular formula is C12H16FNO2. The monoisotopic (exact) mass is 225 g/mol. The first kappa shape index (κ1) is 11.2. The summed E-state index contributed by atoms with van der Waals surface area (Å²) in [5.41, 5.74) is 0.568. The fraction of sp³-hybridized carbons (Fsp3) is 0.500. The van der Waals surface area contributed by atoms with E-state index in [-0.39, 0.29) is 11.7 Å². The zero-order valence-corrected chi connectivity index (χ0v) is 9.29. The van der Waals surface area contributed by atoms with Crippen LogP contribution in [0, 0.1) is 5.82 Å². The molecule has 1 aliphatic heterocycles. The summed E-state index contributed by atoms with van der Waals surface area (Å²) in [7, 11) is 1.51. The molecule has 2 rings (SSSR count). The number of halogens is 1. The molecule has 1 fully saturated rings. The number of rotatable bonds is 2. The number of ether oxygens (including phenoxy) is 1. The zero-order chi connectivity index (χ0) is 11.5. The van der Waals surface area contributed by atoms with E-state index in [1.807, 2.05) is 0 Å². The van der Waals surface area contributed by atoms with E-state index in [2.05, 4.69) is 5.32 Å². The predicted octanol–water partition coefficient (Wildman–Crippen LogP) is 2.01. The summed E-state index contributed by atoms with van der Waals surface area (Å²) in [6.45, 7) is 1.78. The molecule has 1 aliphatic rings.